The van der Waals surface area contributed by atoms with Gasteiger partial charge in [-0.15, -0.1) is 0 Å². The van der Waals surface area contributed by atoms with Crippen molar-refractivity contribution in [2.24, 2.45) is 0 Å². The Morgan fingerprint density at radius 1 is 1.20 bits per heavy atom. The second-order valence-corrected chi connectivity index (χ2v) is 5.25. The molecule has 0 unspecified atom stereocenters. The van der Waals surface area contributed by atoms with Gasteiger partial charge in [-0.3, -0.25) is 4.79 Å². The van der Waals surface area contributed by atoms with Crippen molar-refractivity contribution in [3.8, 4) is 0 Å². The maximum absolute atomic E-state index is 11.9. The lowest BCUT2D eigenvalue weighted by Crippen LogP contribution is -2.14. The number of carbonyl (C=O) groups excluding carboxylic acids is 2. The highest BCUT2D eigenvalue weighted by Crippen LogP contribution is 2.15. The van der Waals surface area contributed by atoms with Crippen molar-refractivity contribution in [2.75, 3.05) is 6.61 Å². The molecule has 1 aromatic carbocycles. The van der Waals surface area contributed by atoms with Gasteiger partial charge in [-0.1, -0.05) is 28.1 Å². The molecule has 0 saturated carbocycles. The highest BCUT2D eigenvalue weighted by atomic mass is 79.9. The standard InChI is InChI=1S/C15H13BrO4/c1-9-7-13(10(2)20-9)15(18)19-8-14(17)11-3-5-12(16)6-4-11/h3-7H,8H2,1-2H3. The van der Waals surface area contributed by atoms with Crippen LogP contribution in [0.5, 0.6) is 0 Å². The number of hydrogen-bond acceptors (Lipinski definition) is 4. The van der Waals surface area contributed by atoms with E-state index in [2.05, 4.69) is 15.9 Å². The molecular formula is C15H13BrO4. The molecule has 0 bridgehead atoms. The molecule has 0 amide bonds. The zero-order valence-electron chi connectivity index (χ0n) is 11.1. The molecule has 2 aromatic rings. The van der Waals surface area contributed by atoms with Crippen LogP contribution in [0.4, 0.5) is 0 Å². The number of ether oxygens (including phenoxy) is 1. The van der Waals surface area contributed by atoms with Gasteiger partial charge in [-0.05, 0) is 32.0 Å². The van der Waals surface area contributed by atoms with Crippen LogP contribution in [0.2, 0.25) is 0 Å². The number of ketones is 1. The number of aryl methyl sites for hydroxylation is 2. The minimum Gasteiger partial charge on any atom is -0.466 e. The molecule has 0 saturated heterocycles. The molecule has 2 rings (SSSR count). The van der Waals surface area contributed by atoms with Gasteiger partial charge in [0.05, 0.1) is 0 Å². The first-order valence-corrected chi connectivity index (χ1v) is 6.79. The SMILES string of the molecule is Cc1cc(C(=O)OCC(=O)c2ccc(Br)cc2)c(C)o1. The second kappa shape index (κ2) is 6.05. The molecule has 0 radical (unpaired) electrons. The van der Waals surface area contributed by atoms with Gasteiger partial charge in [-0.25, -0.2) is 4.79 Å². The van der Waals surface area contributed by atoms with Crippen LogP contribution in [-0.2, 0) is 4.74 Å². The largest absolute Gasteiger partial charge is 0.466 e. The summed E-state index contributed by atoms with van der Waals surface area (Å²) in [6.07, 6.45) is 0. The Kier molecular flexibility index (Phi) is 4.39. The van der Waals surface area contributed by atoms with E-state index in [1.807, 2.05) is 0 Å². The van der Waals surface area contributed by atoms with Crippen molar-refractivity contribution in [2.45, 2.75) is 13.8 Å². The molecule has 4 nitrogen and oxygen atoms in total. The van der Waals surface area contributed by atoms with Crippen LogP contribution in [0, 0.1) is 13.8 Å². The summed E-state index contributed by atoms with van der Waals surface area (Å²) in [5.41, 5.74) is 0.854. The molecular weight excluding hydrogens is 324 g/mol. The number of benzene rings is 1. The summed E-state index contributed by atoms with van der Waals surface area (Å²) in [5.74, 6) is 0.325. The van der Waals surface area contributed by atoms with E-state index >= 15 is 0 Å². The van der Waals surface area contributed by atoms with E-state index in [1.165, 1.54) is 0 Å². The summed E-state index contributed by atoms with van der Waals surface area (Å²) in [7, 11) is 0. The predicted molar refractivity (Wildman–Crippen MR) is 76.9 cm³/mol. The second-order valence-electron chi connectivity index (χ2n) is 4.33. The Morgan fingerprint density at radius 3 is 2.40 bits per heavy atom. The minimum absolute atomic E-state index is 0.247. The molecule has 104 valence electrons. The van der Waals surface area contributed by atoms with E-state index < -0.39 is 5.97 Å². The zero-order valence-corrected chi connectivity index (χ0v) is 12.7. The maximum atomic E-state index is 11.9. The molecule has 1 heterocycles. The van der Waals surface area contributed by atoms with E-state index in [-0.39, 0.29) is 12.4 Å². The van der Waals surface area contributed by atoms with Crippen molar-refractivity contribution in [1.29, 1.82) is 0 Å². The van der Waals surface area contributed by atoms with Gasteiger partial charge in [0.1, 0.15) is 17.1 Å². The summed E-state index contributed by atoms with van der Waals surface area (Å²) in [5, 5.41) is 0. The molecule has 0 fully saturated rings. The first-order valence-electron chi connectivity index (χ1n) is 6.00. The average molecular weight is 337 g/mol. The van der Waals surface area contributed by atoms with E-state index in [0.717, 1.165) is 4.47 Å². The maximum Gasteiger partial charge on any atom is 0.342 e. The van der Waals surface area contributed by atoms with Gasteiger partial charge in [0.25, 0.3) is 0 Å². The van der Waals surface area contributed by atoms with Crippen molar-refractivity contribution in [3.63, 3.8) is 0 Å². The van der Waals surface area contributed by atoms with Crippen LogP contribution in [0.15, 0.2) is 39.2 Å². The first kappa shape index (κ1) is 14.5. The number of Topliss-reactive ketones (excluding diaryl/α,β-unsaturated/α-hetero) is 1. The lowest BCUT2D eigenvalue weighted by atomic mass is 10.1. The van der Waals surface area contributed by atoms with Crippen LogP contribution in [0.25, 0.3) is 0 Å². The number of hydrogen-bond donors (Lipinski definition) is 0. The lowest BCUT2D eigenvalue weighted by Gasteiger charge is -2.03. The van der Waals surface area contributed by atoms with Gasteiger partial charge in [0.15, 0.2) is 12.4 Å². The molecule has 0 N–H and O–H groups in total. The third-order valence-corrected chi connectivity index (χ3v) is 3.29. The molecule has 0 aliphatic heterocycles. The van der Waals surface area contributed by atoms with Crippen LogP contribution < -0.4 is 0 Å². The molecule has 0 aliphatic carbocycles. The molecule has 0 aliphatic rings. The van der Waals surface area contributed by atoms with E-state index in [9.17, 15) is 9.59 Å². The molecule has 5 heteroatoms. The summed E-state index contributed by atoms with van der Waals surface area (Å²) in [4.78, 5) is 23.7. The van der Waals surface area contributed by atoms with Crippen LogP contribution in [0.1, 0.15) is 32.2 Å². The molecule has 0 spiro atoms. The van der Waals surface area contributed by atoms with E-state index in [1.54, 1.807) is 44.2 Å². The normalized spacial score (nSPS) is 10.3. The topological polar surface area (TPSA) is 56.5 Å². The molecule has 20 heavy (non-hydrogen) atoms. The minimum atomic E-state index is -0.551. The predicted octanol–water partition coefficient (Wildman–Crippen LogP) is 3.70. The average Bonchev–Trinajstić information content (AvgIpc) is 2.75. The Morgan fingerprint density at radius 2 is 1.85 bits per heavy atom. The summed E-state index contributed by atoms with van der Waals surface area (Å²) >= 11 is 3.29. The highest BCUT2D eigenvalue weighted by Gasteiger charge is 2.16. The fraction of sp³-hybridized carbons (Fsp3) is 0.200. The van der Waals surface area contributed by atoms with E-state index in [0.29, 0.717) is 22.6 Å². The van der Waals surface area contributed by atoms with Gasteiger partial charge in [0, 0.05) is 10.0 Å². The number of esters is 1. The third kappa shape index (κ3) is 3.36. The third-order valence-electron chi connectivity index (χ3n) is 2.76. The fourth-order valence-corrected chi connectivity index (χ4v) is 2.03. The van der Waals surface area contributed by atoms with Crippen LogP contribution in [-0.4, -0.2) is 18.4 Å². The number of halogens is 1. The Balaban J connectivity index is 1.98. The monoisotopic (exact) mass is 336 g/mol. The number of carbonyl (C=O) groups is 2. The van der Waals surface area contributed by atoms with Gasteiger partial charge in [0.2, 0.25) is 0 Å². The highest BCUT2D eigenvalue weighted by molar-refractivity contribution is 9.10. The lowest BCUT2D eigenvalue weighted by molar-refractivity contribution is 0.0473. The molecule has 1 aromatic heterocycles. The Bertz CT molecular complexity index is 640. The quantitative estimate of drug-likeness (QED) is 0.631. The Hall–Kier alpha value is -1.88. The zero-order chi connectivity index (χ0) is 14.7. The fourth-order valence-electron chi connectivity index (χ4n) is 1.76. The van der Waals surface area contributed by atoms with Crippen molar-refractivity contribution in [3.05, 3.63) is 57.5 Å². The summed E-state index contributed by atoms with van der Waals surface area (Å²) in [6.45, 7) is 3.14. The van der Waals surface area contributed by atoms with Crippen molar-refractivity contribution in [1.82, 2.24) is 0 Å². The van der Waals surface area contributed by atoms with Gasteiger partial charge < -0.3 is 9.15 Å². The van der Waals surface area contributed by atoms with Gasteiger partial charge >= 0.3 is 5.97 Å². The number of rotatable bonds is 4. The van der Waals surface area contributed by atoms with Crippen molar-refractivity contribution >= 4 is 27.7 Å². The van der Waals surface area contributed by atoms with Gasteiger partial charge in [-0.2, -0.15) is 0 Å². The Labute approximate surface area is 124 Å². The van der Waals surface area contributed by atoms with Crippen LogP contribution >= 0.6 is 15.9 Å². The first-order chi connectivity index (χ1) is 9.47. The van der Waals surface area contributed by atoms with Crippen molar-refractivity contribution < 1.29 is 18.7 Å². The smallest absolute Gasteiger partial charge is 0.342 e. The number of furan rings is 1. The summed E-state index contributed by atoms with van der Waals surface area (Å²) < 4.78 is 11.1. The molecule has 0 atom stereocenters. The van der Waals surface area contributed by atoms with E-state index in [4.69, 9.17) is 9.15 Å². The summed E-state index contributed by atoms with van der Waals surface area (Å²) in [6, 6.07) is 8.47. The van der Waals surface area contributed by atoms with Crippen LogP contribution in [0.3, 0.4) is 0 Å².